The molecule has 1 amide bonds. The number of ketones is 1. The van der Waals surface area contributed by atoms with Crippen molar-refractivity contribution >= 4 is 34.9 Å². The predicted molar refractivity (Wildman–Crippen MR) is 70.4 cm³/mol. The third-order valence-corrected chi connectivity index (χ3v) is 3.34. The van der Waals surface area contributed by atoms with Gasteiger partial charge in [-0.2, -0.15) is 0 Å². The van der Waals surface area contributed by atoms with E-state index in [2.05, 4.69) is 5.16 Å². The Bertz CT molecular complexity index is 783. The fourth-order valence-electron chi connectivity index (χ4n) is 2.11. The fraction of sp³-hybridized carbons (Fsp3) is 0.0769. The van der Waals surface area contributed by atoms with Crippen LogP contribution in [0.5, 0.6) is 0 Å². The Morgan fingerprint density at radius 1 is 1.38 bits per heavy atom. The molecule has 8 heteroatoms. The highest BCUT2D eigenvalue weighted by Crippen LogP contribution is 2.36. The minimum Gasteiger partial charge on any atom is -0.476 e. The maximum atomic E-state index is 12.0. The SMILES string of the molecule is O=C(O)c1cc(CN2C(=O)C(=O)c3cccc(Cl)c32)on1. The van der Waals surface area contributed by atoms with E-state index in [-0.39, 0.29) is 28.6 Å². The normalized spacial score (nSPS) is 13.7. The van der Waals surface area contributed by atoms with Gasteiger partial charge in [-0.05, 0) is 12.1 Å². The van der Waals surface area contributed by atoms with E-state index in [1.54, 1.807) is 12.1 Å². The first-order valence-electron chi connectivity index (χ1n) is 5.82. The number of nitrogens with zero attached hydrogens (tertiary/aromatic N) is 2. The van der Waals surface area contributed by atoms with Crippen LogP contribution >= 0.6 is 11.6 Å². The maximum absolute atomic E-state index is 12.0. The average molecular weight is 307 g/mol. The Morgan fingerprint density at radius 3 is 2.81 bits per heavy atom. The van der Waals surface area contributed by atoms with E-state index >= 15 is 0 Å². The summed E-state index contributed by atoms with van der Waals surface area (Å²) in [7, 11) is 0. The van der Waals surface area contributed by atoms with Crippen LogP contribution in [-0.2, 0) is 11.3 Å². The second-order valence-electron chi connectivity index (χ2n) is 4.34. The lowest BCUT2D eigenvalue weighted by atomic mass is 10.1. The number of carbonyl (C=O) groups excluding carboxylic acids is 2. The molecule has 0 saturated carbocycles. The van der Waals surface area contributed by atoms with Crippen molar-refractivity contribution in [2.75, 3.05) is 4.90 Å². The number of fused-ring (bicyclic) bond motifs is 1. The summed E-state index contributed by atoms with van der Waals surface area (Å²) in [5.74, 6) is -2.51. The molecule has 2 heterocycles. The number of hydrogen-bond donors (Lipinski definition) is 1. The van der Waals surface area contributed by atoms with Crippen LogP contribution in [0.1, 0.15) is 26.6 Å². The van der Waals surface area contributed by atoms with Crippen molar-refractivity contribution in [2.24, 2.45) is 0 Å². The van der Waals surface area contributed by atoms with Gasteiger partial charge < -0.3 is 9.63 Å². The van der Waals surface area contributed by atoms with Crippen LogP contribution in [0, 0.1) is 0 Å². The first-order chi connectivity index (χ1) is 9.99. The van der Waals surface area contributed by atoms with Gasteiger partial charge in [0.15, 0.2) is 11.5 Å². The number of Topliss-reactive ketones (excluding diaryl/α,β-unsaturated/α-hetero) is 1. The predicted octanol–water partition coefficient (Wildman–Crippen LogP) is 1.76. The molecule has 0 bridgehead atoms. The van der Waals surface area contributed by atoms with Crippen molar-refractivity contribution in [1.82, 2.24) is 5.16 Å². The van der Waals surface area contributed by atoms with Crippen molar-refractivity contribution < 1.29 is 24.0 Å². The third kappa shape index (κ3) is 2.07. The van der Waals surface area contributed by atoms with Gasteiger partial charge in [0.05, 0.1) is 22.8 Å². The molecule has 1 aliphatic rings. The van der Waals surface area contributed by atoms with Crippen molar-refractivity contribution in [3.63, 3.8) is 0 Å². The molecule has 106 valence electrons. The van der Waals surface area contributed by atoms with E-state index in [1.165, 1.54) is 12.1 Å². The molecule has 2 aromatic rings. The molecule has 0 saturated heterocycles. The number of hydrogen-bond acceptors (Lipinski definition) is 5. The number of amides is 1. The Hall–Kier alpha value is -2.67. The molecule has 0 atom stereocenters. The summed E-state index contributed by atoms with van der Waals surface area (Å²) in [6.45, 7) is -0.123. The van der Waals surface area contributed by atoms with Crippen molar-refractivity contribution in [3.8, 4) is 0 Å². The second kappa shape index (κ2) is 4.71. The van der Waals surface area contributed by atoms with Crippen LogP contribution in [0.2, 0.25) is 5.02 Å². The van der Waals surface area contributed by atoms with Gasteiger partial charge in [-0.25, -0.2) is 4.79 Å². The number of para-hydroxylation sites is 1. The summed E-state index contributed by atoms with van der Waals surface area (Å²) in [6, 6.07) is 5.83. The van der Waals surface area contributed by atoms with Crippen molar-refractivity contribution in [1.29, 1.82) is 0 Å². The standard InChI is InChI=1S/C13H7ClN2O5/c14-8-3-1-2-7-10(8)16(12(18)11(7)17)5-6-4-9(13(19)20)15-21-6/h1-4H,5H2,(H,19,20). The molecule has 0 radical (unpaired) electrons. The quantitative estimate of drug-likeness (QED) is 0.867. The van der Waals surface area contributed by atoms with Gasteiger partial charge in [-0.15, -0.1) is 0 Å². The molecule has 0 fully saturated rings. The van der Waals surface area contributed by atoms with Gasteiger partial charge in [0.2, 0.25) is 0 Å². The molecule has 1 N–H and O–H groups in total. The Balaban J connectivity index is 1.98. The van der Waals surface area contributed by atoms with Crippen LogP contribution in [0.15, 0.2) is 28.8 Å². The summed E-state index contributed by atoms with van der Waals surface area (Å²) in [4.78, 5) is 35.8. The number of carboxylic acids is 1. The van der Waals surface area contributed by atoms with Crippen LogP contribution in [0.25, 0.3) is 0 Å². The molecule has 0 unspecified atom stereocenters. The molecule has 1 aromatic heterocycles. The highest BCUT2D eigenvalue weighted by molar-refractivity contribution is 6.54. The lowest BCUT2D eigenvalue weighted by Crippen LogP contribution is -2.29. The largest absolute Gasteiger partial charge is 0.476 e. The van der Waals surface area contributed by atoms with Crippen molar-refractivity contribution in [2.45, 2.75) is 6.54 Å². The van der Waals surface area contributed by atoms with Crippen LogP contribution in [-0.4, -0.2) is 27.9 Å². The Labute approximate surface area is 122 Å². The lowest BCUT2D eigenvalue weighted by molar-refractivity contribution is -0.114. The number of rotatable bonds is 3. The highest BCUT2D eigenvalue weighted by Gasteiger charge is 2.38. The zero-order valence-corrected chi connectivity index (χ0v) is 11.1. The molecule has 1 aliphatic heterocycles. The Kier molecular flexibility index (Phi) is 2.99. The molecule has 0 aliphatic carbocycles. The lowest BCUT2D eigenvalue weighted by Gasteiger charge is -2.15. The summed E-state index contributed by atoms with van der Waals surface area (Å²) < 4.78 is 4.85. The van der Waals surface area contributed by atoms with Gasteiger partial charge in [-0.1, -0.05) is 22.8 Å². The smallest absolute Gasteiger partial charge is 0.358 e. The first-order valence-corrected chi connectivity index (χ1v) is 6.20. The first kappa shape index (κ1) is 13.3. The number of carbonyl (C=O) groups is 3. The van der Waals surface area contributed by atoms with Gasteiger partial charge >= 0.3 is 5.97 Å². The molecule has 7 nitrogen and oxygen atoms in total. The number of halogens is 1. The molecule has 3 rings (SSSR count). The van der Waals surface area contributed by atoms with Gasteiger partial charge in [-0.3, -0.25) is 14.5 Å². The Morgan fingerprint density at radius 2 is 2.14 bits per heavy atom. The van der Waals surface area contributed by atoms with Gasteiger partial charge in [0, 0.05) is 6.07 Å². The zero-order valence-electron chi connectivity index (χ0n) is 10.4. The molecule has 1 aromatic carbocycles. The average Bonchev–Trinajstić information content (AvgIpc) is 3.00. The number of anilines is 1. The van der Waals surface area contributed by atoms with E-state index < -0.39 is 17.7 Å². The summed E-state index contributed by atoms with van der Waals surface area (Å²) in [5.41, 5.74) is 0.232. The summed E-state index contributed by atoms with van der Waals surface area (Å²) >= 11 is 6.03. The fourth-order valence-corrected chi connectivity index (χ4v) is 2.38. The highest BCUT2D eigenvalue weighted by atomic mass is 35.5. The van der Waals surface area contributed by atoms with Crippen molar-refractivity contribution in [3.05, 3.63) is 46.3 Å². The second-order valence-corrected chi connectivity index (χ2v) is 4.75. The van der Waals surface area contributed by atoms with Gasteiger partial charge in [0.25, 0.3) is 11.7 Å². The number of carboxylic acid groups (broad SMARTS) is 1. The van der Waals surface area contributed by atoms with Crippen LogP contribution in [0.3, 0.4) is 0 Å². The van der Waals surface area contributed by atoms with Gasteiger partial charge in [0.1, 0.15) is 0 Å². The van der Waals surface area contributed by atoms with E-state index in [1.807, 2.05) is 0 Å². The van der Waals surface area contributed by atoms with E-state index in [9.17, 15) is 14.4 Å². The number of aromatic nitrogens is 1. The monoisotopic (exact) mass is 306 g/mol. The molecular weight excluding hydrogens is 300 g/mol. The van der Waals surface area contributed by atoms with Crippen LogP contribution in [0.4, 0.5) is 5.69 Å². The van der Waals surface area contributed by atoms with E-state index in [4.69, 9.17) is 21.2 Å². The van der Waals surface area contributed by atoms with E-state index in [0.717, 1.165) is 4.90 Å². The summed E-state index contributed by atoms with van der Waals surface area (Å²) in [5, 5.41) is 12.4. The van der Waals surface area contributed by atoms with E-state index in [0.29, 0.717) is 5.69 Å². The topological polar surface area (TPSA) is 101 Å². The third-order valence-electron chi connectivity index (χ3n) is 3.03. The zero-order chi connectivity index (χ0) is 15.1. The molecular formula is C13H7ClN2O5. The maximum Gasteiger partial charge on any atom is 0.358 e. The molecule has 0 spiro atoms. The van der Waals surface area contributed by atoms with Crippen LogP contribution < -0.4 is 4.90 Å². The number of benzene rings is 1. The summed E-state index contributed by atoms with van der Waals surface area (Å²) in [6.07, 6.45) is 0. The molecule has 21 heavy (non-hydrogen) atoms. The minimum absolute atomic E-state index is 0.123. The minimum atomic E-state index is -1.24. The number of aromatic carboxylic acids is 1.